The second kappa shape index (κ2) is 8.56. The first kappa shape index (κ1) is 24.5. The molecule has 34 heavy (non-hydrogen) atoms. The lowest BCUT2D eigenvalue weighted by atomic mass is 9.95. The number of aliphatic hydroxyl groups excluding tert-OH is 1. The SMILES string of the molecule is Cc1cc(-c2cncc([C@@H](O)C(F)(F)F)c2)nc2c1C(=O)N(c1cnn(CC(F)I)c1)C2(C)C. The molecule has 1 unspecified atom stereocenters. The van der Waals surface area contributed by atoms with Gasteiger partial charge in [-0.25, -0.2) is 9.37 Å². The minimum Gasteiger partial charge on any atom is -0.379 e. The van der Waals surface area contributed by atoms with Crippen molar-refractivity contribution in [2.45, 2.75) is 49.3 Å². The third kappa shape index (κ3) is 4.28. The van der Waals surface area contributed by atoms with Gasteiger partial charge in [-0.05, 0) is 61.1 Å². The lowest BCUT2D eigenvalue weighted by molar-refractivity contribution is -0.206. The van der Waals surface area contributed by atoms with Crippen LogP contribution in [-0.4, -0.2) is 41.1 Å². The van der Waals surface area contributed by atoms with E-state index in [4.69, 9.17) is 0 Å². The van der Waals surface area contributed by atoms with E-state index >= 15 is 0 Å². The topological polar surface area (TPSA) is 84.1 Å². The average Bonchev–Trinajstić information content (AvgIpc) is 3.26. The van der Waals surface area contributed by atoms with Gasteiger partial charge in [0.15, 0.2) is 10.3 Å². The maximum atomic E-state index is 13.4. The van der Waals surface area contributed by atoms with Gasteiger partial charge in [0.25, 0.3) is 5.91 Å². The third-order valence-electron chi connectivity index (χ3n) is 5.66. The quantitative estimate of drug-likeness (QED) is 0.261. The molecule has 0 spiro atoms. The molecule has 0 saturated heterocycles. The summed E-state index contributed by atoms with van der Waals surface area (Å²) >= 11 is 1.64. The van der Waals surface area contributed by atoms with Crippen molar-refractivity contribution in [1.82, 2.24) is 19.7 Å². The van der Waals surface area contributed by atoms with Gasteiger partial charge in [-0.3, -0.25) is 19.4 Å². The van der Waals surface area contributed by atoms with E-state index in [-0.39, 0.29) is 18.0 Å². The summed E-state index contributed by atoms with van der Waals surface area (Å²) in [6.45, 7) is 5.34. The Morgan fingerprint density at radius 2 is 1.91 bits per heavy atom. The zero-order chi connectivity index (χ0) is 25.0. The van der Waals surface area contributed by atoms with Crippen molar-refractivity contribution in [1.29, 1.82) is 0 Å². The molecule has 180 valence electrons. The first-order valence-corrected chi connectivity index (χ1v) is 11.4. The summed E-state index contributed by atoms with van der Waals surface area (Å²) in [6, 6.07) is 2.78. The van der Waals surface area contributed by atoms with Crippen LogP contribution in [0.2, 0.25) is 0 Å². The summed E-state index contributed by atoms with van der Waals surface area (Å²) in [5, 5.41) is 13.7. The minimum absolute atomic E-state index is 0.0323. The lowest BCUT2D eigenvalue weighted by Crippen LogP contribution is -2.39. The highest BCUT2D eigenvalue weighted by Crippen LogP contribution is 2.43. The molecule has 12 heteroatoms. The second-order valence-corrected chi connectivity index (χ2v) is 9.86. The molecule has 1 amide bonds. The molecule has 1 aliphatic heterocycles. The first-order chi connectivity index (χ1) is 15.8. The molecule has 2 atom stereocenters. The summed E-state index contributed by atoms with van der Waals surface area (Å²) in [5.74, 6) is -0.304. The molecule has 3 aromatic heterocycles. The number of fused-ring (bicyclic) bond motifs is 1. The molecule has 0 saturated carbocycles. The number of amides is 1. The Morgan fingerprint density at radius 1 is 1.21 bits per heavy atom. The van der Waals surface area contributed by atoms with E-state index in [1.165, 1.54) is 28.0 Å². The molecule has 0 aliphatic carbocycles. The van der Waals surface area contributed by atoms with Crippen LogP contribution in [0.25, 0.3) is 11.3 Å². The largest absolute Gasteiger partial charge is 0.418 e. The van der Waals surface area contributed by atoms with Crippen molar-refractivity contribution >= 4 is 34.2 Å². The average molecular weight is 589 g/mol. The summed E-state index contributed by atoms with van der Waals surface area (Å²) in [7, 11) is 0. The summed E-state index contributed by atoms with van der Waals surface area (Å²) in [5.41, 5.74) is 1.17. The van der Waals surface area contributed by atoms with Crippen LogP contribution in [0.5, 0.6) is 0 Å². The van der Waals surface area contributed by atoms with E-state index in [2.05, 4.69) is 15.1 Å². The number of alkyl halides is 5. The van der Waals surface area contributed by atoms with Gasteiger partial charge in [-0.15, -0.1) is 0 Å². The zero-order valence-corrected chi connectivity index (χ0v) is 20.5. The zero-order valence-electron chi connectivity index (χ0n) is 18.3. The normalized spacial score (nSPS) is 17.1. The summed E-state index contributed by atoms with van der Waals surface area (Å²) in [4.78, 5) is 23.4. The van der Waals surface area contributed by atoms with Crippen molar-refractivity contribution in [2.75, 3.05) is 4.90 Å². The molecule has 0 bridgehead atoms. The van der Waals surface area contributed by atoms with Crippen LogP contribution < -0.4 is 4.90 Å². The van der Waals surface area contributed by atoms with Gasteiger partial charge in [0.2, 0.25) is 0 Å². The molecular formula is C22H20F4IN5O2. The number of anilines is 1. The van der Waals surface area contributed by atoms with Crippen LogP contribution in [0, 0.1) is 6.92 Å². The van der Waals surface area contributed by atoms with E-state index in [0.29, 0.717) is 28.2 Å². The van der Waals surface area contributed by atoms with Crippen molar-refractivity contribution in [3.05, 3.63) is 59.3 Å². The smallest absolute Gasteiger partial charge is 0.379 e. The number of carbonyl (C=O) groups is 1. The van der Waals surface area contributed by atoms with E-state index in [1.807, 2.05) is 0 Å². The number of aliphatic hydroxyl groups is 1. The van der Waals surface area contributed by atoms with Crippen LogP contribution >= 0.6 is 22.6 Å². The molecular weight excluding hydrogens is 569 g/mol. The van der Waals surface area contributed by atoms with Crippen molar-refractivity contribution in [3.63, 3.8) is 0 Å². The monoisotopic (exact) mass is 589 g/mol. The molecule has 0 radical (unpaired) electrons. The van der Waals surface area contributed by atoms with Crippen molar-refractivity contribution in [2.24, 2.45) is 0 Å². The fraction of sp³-hybridized carbons (Fsp3) is 0.364. The van der Waals surface area contributed by atoms with Crippen LogP contribution in [0.1, 0.15) is 47.1 Å². The Labute approximate surface area is 206 Å². The fourth-order valence-corrected chi connectivity index (χ4v) is 4.49. The predicted molar refractivity (Wildman–Crippen MR) is 124 cm³/mol. The highest BCUT2D eigenvalue weighted by Gasteiger charge is 2.47. The number of rotatable bonds is 5. The maximum absolute atomic E-state index is 13.4. The fourth-order valence-electron chi connectivity index (χ4n) is 4.09. The third-order valence-corrected chi connectivity index (χ3v) is 6.05. The summed E-state index contributed by atoms with van der Waals surface area (Å²) in [6.07, 6.45) is -2.14. The highest BCUT2D eigenvalue weighted by atomic mass is 127. The van der Waals surface area contributed by atoms with Gasteiger partial charge in [0, 0.05) is 29.7 Å². The predicted octanol–water partition coefficient (Wildman–Crippen LogP) is 4.87. The van der Waals surface area contributed by atoms with Gasteiger partial charge >= 0.3 is 6.18 Å². The van der Waals surface area contributed by atoms with Crippen LogP contribution in [0.15, 0.2) is 36.9 Å². The van der Waals surface area contributed by atoms with Crippen LogP contribution in [0.4, 0.5) is 23.2 Å². The van der Waals surface area contributed by atoms with Crippen molar-refractivity contribution < 1.29 is 27.5 Å². The molecule has 0 aromatic carbocycles. The van der Waals surface area contributed by atoms with E-state index < -0.39 is 27.6 Å². The lowest BCUT2D eigenvalue weighted by Gasteiger charge is -2.30. The Morgan fingerprint density at radius 3 is 2.56 bits per heavy atom. The van der Waals surface area contributed by atoms with Gasteiger partial charge < -0.3 is 5.11 Å². The molecule has 3 aromatic rings. The summed E-state index contributed by atoms with van der Waals surface area (Å²) < 4.78 is 52.5. The van der Waals surface area contributed by atoms with E-state index in [1.54, 1.807) is 55.6 Å². The molecule has 4 rings (SSSR count). The molecule has 7 nitrogen and oxygen atoms in total. The van der Waals surface area contributed by atoms with Crippen molar-refractivity contribution in [3.8, 4) is 11.3 Å². The Bertz CT molecular complexity index is 1260. The van der Waals surface area contributed by atoms with Gasteiger partial charge in [0.05, 0.1) is 40.9 Å². The number of nitrogens with zero attached hydrogens (tertiary/aromatic N) is 5. The Hall–Kier alpha value is -2.61. The van der Waals surface area contributed by atoms with E-state index in [9.17, 15) is 27.5 Å². The number of aryl methyl sites for hydroxylation is 1. The Balaban J connectivity index is 1.76. The number of pyridine rings is 2. The Kier molecular flexibility index (Phi) is 6.17. The number of aromatic nitrogens is 4. The molecule has 1 N–H and O–H groups in total. The number of hydrogen-bond donors (Lipinski definition) is 1. The first-order valence-electron chi connectivity index (χ1n) is 10.2. The second-order valence-electron chi connectivity index (χ2n) is 8.51. The number of carbonyl (C=O) groups excluding carboxylic acids is 1. The maximum Gasteiger partial charge on any atom is 0.418 e. The highest BCUT2D eigenvalue weighted by molar-refractivity contribution is 14.1. The standard InChI is InChI=1S/C22H20F4IN5O2/c1-11-4-15(12-5-13(7-28-6-12)19(33)22(24,25)26)30-18-17(11)20(34)32(21(18,2)3)14-8-29-31(9-14)10-16(23)27/h4-9,16,19,33H,10H2,1-3H3/t16?,19-/m1/s1. The number of hydrogen-bond acceptors (Lipinski definition) is 5. The molecule has 0 fully saturated rings. The minimum atomic E-state index is -4.83. The van der Waals surface area contributed by atoms with Crippen LogP contribution in [-0.2, 0) is 12.1 Å². The molecule has 1 aliphatic rings. The van der Waals surface area contributed by atoms with Gasteiger partial charge in [-0.2, -0.15) is 18.3 Å². The van der Waals surface area contributed by atoms with Gasteiger partial charge in [0.1, 0.15) is 0 Å². The number of halogens is 5. The van der Waals surface area contributed by atoms with Crippen LogP contribution in [0.3, 0.4) is 0 Å². The van der Waals surface area contributed by atoms with Gasteiger partial charge in [-0.1, -0.05) is 0 Å². The van der Waals surface area contributed by atoms with E-state index in [0.717, 1.165) is 6.20 Å². The molecule has 4 heterocycles.